The molecule has 0 spiro atoms. The summed E-state index contributed by atoms with van der Waals surface area (Å²) in [6, 6.07) is 0.576. The van der Waals surface area contributed by atoms with E-state index >= 15 is 0 Å². The van der Waals surface area contributed by atoms with Crippen molar-refractivity contribution in [3.8, 4) is 0 Å². The van der Waals surface area contributed by atoms with Gasteiger partial charge in [0.2, 0.25) is 5.91 Å². The highest BCUT2D eigenvalue weighted by atomic mass is 16.2. The fraction of sp³-hybridized carbons (Fsp3) is 0.929. The molecule has 4 nitrogen and oxygen atoms in total. The van der Waals surface area contributed by atoms with Gasteiger partial charge >= 0.3 is 0 Å². The number of amides is 1. The lowest BCUT2D eigenvalue weighted by atomic mass is 9.99. The van der Waals surface area contributed by atoms with Crippen LogP contribution in [-0.2, 0) is 4.79 Å². The van der Waals surface area contributed by atoms with Gasteiger partial charge in [-0.05, 0) is 51.7 Å². The second-order valence-corrected chi connectivity index (χ2v) is 6.28. The van der Waals surface area contributed by atoms with Crippen LogP contribution in [0.2, 0.25) is 0 Å². The predicted octanol–water partition coefficient (Wildman–Crippen LogP) is 1.05. The SMILES string of the molecule is CC(C)C(N)C(=O)N(C1CC1)C1CCN(C)CC1. The lowest BCUT2D eigenvalue weighted by Crippen LogP contribution is -2.54. The number of rotatable bonds is 4. The molecule has 0 aromatic heterocycles. The Labute approximate surface area is 110 Å². The van der Waals surface area contributed by atoms with Crippen LogP contribution in [0.3, 0.4) is 0 Å². The van der Waals surface area contributed by atoms with Gasteiger partial charge in [0.05, 0.1) is 6.04 Å². The van der Waals surface area contributed by atoms with Gasteiger partial charge in [0.1, 0.15) is 0 Å². The zero-order valence-electron chi connectivity index (χ0n) is 11.9. The molecule has 1 aliphatic carbocycles. The quantitative estimate of drug-likeness (QED) is 0.815. The molecule has 1 saturated carbocycles. The van der Waals surface area contributed by atoms with E-state index in [9.17, 15) is 4.79 Å². The lowest BCUT2D eigenvalue weighted by Gasteiger charge is -2.39. The molecule has 1 amide bonds. The lowest BCUT2D eigenvalue weighted by molar-refractivity contribution is -0.137. The van der Waals surface area contributed by atoms with E-state index in [0.29, 0.717) is 12.1 Å². The molecular weight excluding hydrogens is 226 g/mol. The maximum atomic E-state index is 12.5. The molecule has 1 saturated heterocycles. The third-order valence-corrected chi connectivity index (χ3v) is 4.28. The molecule has 1 unspecified atom stereocenters. The highest BCUT2D eigenvalue weighted by molar-refractivity contribution is 5.82. The summed E-state index contributed by atoms with van der Waals surface area (Å²) in [4.78, 5) is 17.0. The predicted molar refractivity (Wildman–Crippen MR) is 73.2 cm³/mol. The van der Waals surface area contributed by atoms with Gasteiger partial charge in [-0.1, -0.05) is 13.8 Å². The van der Waals surface area contributed by atoms with Crippen LogP contribution in [0.25, 0.3) is 0 Å². The Hall–Kier alpha value is -0.610. The van der Waals surface area contributed by atoms with E-state index in [-0.39, 0.29) is 17.9 Å². The van der Waals surface area contributed by atoms with Crippen LogP contribution in [0.15, 0.2) is 0 Å². The third kappa shape index (κ3) is 3.04. The van der Waals surface area contributed by atoms with E-state index in [1.54, 1.807) is 0 Å². The van der Waals surface area contributed by atoms with Crippen molar-refractivity contribution < 1.29 is 4.79 Å². The molecule has 0 aromatic rings. The molecule has 2 aliphatic rings. The van der Waals surface area contributed by atoms with E-state index in [0.717, 1.165) is 25.9 Å². The van der Waals surface area contributed by atoms with Crippen molar-refractivity contribution in [3.63, 3.8) is 0 Å². The van der Waals surface area contributed by atoms with Crippen LogP contribution >= 0.6 is 0 Å². The first-order valence-electron chi connectivity index (χ1n) is 7.27. The number of nitrogens with two attached hydrogens (primary N) is 1. The van der Waals surface area contributed by atoms with E-state index in [4.69, 9.17) is 5.73 Å². The van der Waals surface area contributed by atoms with E-state index in [2.05, 4.69) is 16.8 Å². The summed E-state index contributed by atoms with van der Waals surface area (Å²) in [5, 5.41) is 0. The Morgan fingerprint density at radius 2 is 1.67 bits per heavy atom. The Bertz CT molecular complexity index is 293. The van der Waals surface area contributed by atoms with Crippen molar-refractivity contribution in [1.29, 1.82) is 0 Å². The number of carbonyl (C=O) groups excluding carboxylic acids is 1. The van der Waals surface area contributed by atoms with Crippen LogP contribution < -0.4 is 5.73 Å². The van der Waals surface area contributed by atoms with Crippen molar-refractivity contribution in [1.82, 2.24) is 9.80 Å². The average Bonchev–Trinajstić information content (AvgIpc) is 3.15. The van der Waals surface area contributed by atoms with E-state index in [1.807, 2.05) is 13.8 Å². The van der Waals surface area contributed by atoms with E-state index in [1.165, 1.54) is 12.8 Å². The van der Waals surface area contributed by atoms with Gasteiger partial charge in [-0.15, -0.1) is 0 Å². The fourth-order valence-electron chi connectivity index (χ4n) is 2.74. The number of piperidine rings is 1. The van der Waals surface area contributed by atoms with Crippen LogP contribution in [0.1, 0.15) is 39.5 Å². The summed E-state index contributed by atoms with van der Waals surface area (Å²) < 4.78 is 0. The second-order valence-electron chi connectivity index (χ2n) is 6.28. The standard InChI is InChI=1S/C14H27N3O/c1-10(2)13(15)14(18)17(11-4-5-11)12-6-8-16(3)9-7-12/h10-13H,4-9,15H2,1-3H3. The van der Waals surface area contributed by atoms with Gasteiger partial charge in [-0.3, -0.25) is 4.79 Å². The monoisotopic (exact) mass is 253 g/mol. The smallest absolute Gasteiger partial charge is 0.240 e. The van der Waals surface area contributed by atoms with Crippen molar-refractivity contribution in [2.45, 2.75) is 57.7 Å². The Kier molecular flexibility index (Phi) is 4.28. The zero-order chi connectivity index (χ0) is 13.3. The molecule has 1 aliphatic heterocycles. The average molecular weight is 253 g/mol. The maximum Gasteiger partial charge on any atom is 0.240 e. The summed E-state index contributed by atoms with van der Waals surface area (Å²) in [5.41, 5.74) is 6.06. The van der Waals surface area contributed by atoms with Crippen molar-refractivity contribution in [2.75, 3.05) is 20.1 Å². The molecule has 1 atom stereocenters. The van der Waals surface area contributed by atoms with Crippen LogP contribution in [0.5, 0.6) is 0 Å². The van der Waals surface area contributed by atoms with Gasteiger partial charge in [0, 0.05) is 12.1 Å². The summed E-state index contributed by atoms with van der Waals surface area (Å²) in [6.45, 7) is 6.25. The molecule has 4 heteroatoms. The number of carbonyl (C=O) groups is 1. The van der Waals surface area contributed by atoms with E-state index < -0.39 is 0 Å². The highest BCUT2D eigenvalue weighted by Gasteiger charge is 2.40. The molecule has 0 aromatic carbocycles. The highest BCUT2D eigenvalue weighted by Crippen LogP contribution is 2.32. The molecule has 0 radical (unpaired) electrons. The molecule has 2 N–H and O–H groups in total. The summed E-state index contributed by atoms with van der Waals surface area (Å²) in [5.74, 6) is 0.409. The first kappa shape index (κ1) is 13.8. The minimum atomic E-state index is -0.328. The minimum Gasteiger partial charge on any atom is -0.335 e. The molecule has 2 rings (SSSR count). The van der Waals surface area contributed by atoms with Gasteiger partial charge in [0.15, 0.2) is 0 Å². The first-order chi connectivity index (χ1) is 8.50. The summed E-state index contributed by atoms with van der Waals surface area (Å²) in [7, 11) is 2.15. The molecule has 18 heavy (non-hydrogen) atoms. The van der Waals surface area contributed by atoms with Gasteiger partial charge in [-0.2, -0.15) is 0 Å². The Morgan fingerprint density at radius 3 is 2.11 bits per heavy atom. The number of hydrogen-bond donors (Lipinski definition) is 1. The van der Waals surface area contributed by atoms with Crippen LogP contribution in [0, 0.1) is 5.92 Å². The molecule has 104 valence electrons. The van der Waals surface area contributed by atoms with Gasteiger partial charge in [-0.25, -0.2) is 0 Å². The van der Waals surface area contributed by atoms with Crippen LogP contribution in [0.4, 0.5) is 0 Å². The summed E-state index contributed by atoms with van der Waals surface area (Å²) in [6.07, 6.45) is 4.54. The van der Waals surface area contributed by atoms with Crippen molar-refractivity contribution in [3.05, 3.63) is 0 Å². The largest absolute Gasteiger partial charge is 0.335 e. The maximum absolute atomic E-state index is 12.5. The Balaban J connectivity index is 2.01. The van der Waals surface area contributed by atoms with Gasteiger partial charge < -0.3 is 15.5 Å². The normalized spacial score (nSPS) is 24.3. The van der Waals surface area contributed by atoms with Crippen molar-refractivity contribution in [2.24, 2.45) is 11.7 Å². The van der Waals surface area contributed by atoms with Gasteiger partial charge in [0.25, 0.3) is 0 Å². The number of hydrogen-bond acceptors (Lipinski definition) is 3. The summed E-state index contributed by atoms with van der Waals surface area (Å²) >= 11 is 0. The van der Waals surface area contributed by atoms with Crippen LogP contribution in [-0.4, -0.2) is 54.0 Å². The first-order valence-corrected chi connectivity index (χ1v) is 7.27. The third-order valence-electron chi connectivity index (χ3n) is 4.28. The Morgan fingerprint density at radius 1 is 1.17 bits per heavy atom. The van der Waals surface area contributed by atoms with Crippen molar-refractivity contribution >= 4 is 5.91 Å². The molecular formula is C14H27N3O. The topological polar surface area (TPSA) is 49.6 Å². The second kappa shape index (κ2) is 5.57. The fourth-order valence-corrected chi connectivity index (χ4v) is 2.74. The molecule has 0 bridgehead atoms. The number of likely N-dealkylation sites (tertiary alicyclic amines) is 1. The zero-order valence-corrected chi connectivity index (χ0v) is 11.9. The number of nitrogens with zero attached hydrogens (tertiary/aromatic N) is 2. The minimum absolute atomic E-state index is 0.182. The molecule has 2 fully saturated rings. The molecule has 1 heterocycles.